The van der Waals surface area contributed by atoms with Gasteiger partial charge in [-0.1, -0.05) is 6.92 Å². The molecule has 1 unspecified atom stereocenters. The van der Waals surface area contributed by atoms with E-state index in [0.29, 0.717) is 5.56 Å². The maximum absolute atomic E-state index is 12.1. The number of thiazole rings is 1. The number of hydrogen-bond donors (Lipinski definition) is 2. The summed E-state index contributed by atoms with van der Waals surface area (Å²) in [6.45, 7) is 2.03. The van der Waals surface area contributed by atoms with Crippen LogP contribution >= 0.6 is 24.0 Å². The van der Waals surface area contributed by atoms with E-state index in [1.807, 2.05) is 24.4 Å². The summed E-state index contributed by atoms with van der Waals surface area (Å²) >= 11 is 5.75. The fourth-order valence-electron chi connectivity index (χ4n) is 1.60. The highest BCUT2D eigenvalue weighted by Gasteiger charge is 2.15. The van der Waals surface area contributed by atoms with E-state index in [4.69, 9.17) is 0 Å². The van der Waals surface area contributed by atoms with Gasteiger partial charge in [-0.05, 0) is 30.7 Å². The van der Waals surface area contributed by atoms with Gasteiger partial charge in [-0.25, -0.2) is 4.98 Å². The van der Waals surface area contributed by atoms with E-state index in [-0.39, 0.29) is 11.9 Å². The Morgan fingerprint density at radius 3 is 2.72 bits per heavy atom. The smallest absolute Gasteiger partial charge is 0.251 e. The number of aromatic nitrogens is 1. The summed E-state index contributed by atoms with van der Waals surface area (Å²) in [5.74, 6) is -0.0783. The van der Waals surface area contributed by atoms with E-state index in [0.717, 1.165) is 16.3 Å². The maximum atomic E-state index is 12.1. The normalized spacial score (nSPS) is 12.1. The Balaban J connectivity index is 2.08. The van der Waals surface area contributed by atoms with Gasteiger partial charge in [-0.15, -0.1) is 24.0 Å². The number of hydrogen-bond acceptors (Lipinski definition) is 4. The van der Waals surface area contributed by atoms with Crippen LogP contribution in [0.2, 0.25) is 0 Å². The summed E-state index contributed by atoms with van der Waals surface area (Å²) in [5, 5.41) is 5.85. The molecule has 0 aliphatic rings. The van der Waals surface area contributed by atoms with Crippen LogP contribution in [0.4, 0.5) is 0 Å². The highest BCUT2D eigenvalue weighted by atomic mass is 32.1. The molecular weight excluding hydrogens is 264 g/mol. The van der Waals surface area contributed by atoms with Crippen molar-refractivity contribution >= 4 is 29.9 Å². The van der Waals surface area contributed by atoms with Crippen LogP contribution in [0.25, 0.3) is 0 Å². The Kier molecular flexibility index (Phi) is 4.38. The van der Waals surface area contributed by atoms with Gasteiger partial charge in [0.25, 0.3) is 5.91 Å². The molecule has 0 bridgehead atoms. The number of carbonyl (C=O) groups excluding carboxylic acids is 1. The average Bonchev–Trinajstić information content (AvgIpc) is 2.90. The lowest BCUT2D eigenvalue weighted by atomic mass is 10.2. The third kappa shape index (κ3) is 3.11. The minimum Gasteiger partial charge on any atom is -0.343 e. The van der Waals surface area contributed by atoms with Gasteiger partial charge in [0.05, 0.1) is 6.04 Å². The van der Waals surface area contributed by atoms with Crippen LogP contribution in [0, 0.1) is 0 Å². The molecule has 0 saturated carbocycles. The molecular formula is C13H14N2OS2. The minimum absolute atomic E-state index is 0.0202. The molecule has 18 heavy (non-hydrogen) atoms. The highest BCUT2D eigenvalue weighted by Crippen LogP contribution is 2.19. The first kappa shape index (κ1) is 13.1. The van der Waals surface area contributed by atoms with Crippen LogP contribution in [-0.2, 0) is 0 Å². The fourth-order valence-corrected chi connectivity index (χ4v) is 2.52. The van der Waals surface area contributed by atoms with E-state index in [1.54, 1.807) is 29.7 Å². The van der Waals surface area contributed by atoms with Gasteiger partial charge in [0, 0.05) is 22.0 Å². The number of nitrogens with one attached hydrogen (secondary N) is 1. The predicted molar refractivity (Wildman–Crippen MR) is 76.3 cm³/mol. The number of rotatable bonds is 4. The van der Waals surface area contributed by atoms with Crippen molar-refractivity contribution in [2.24, 2.45) is 0 Å². The third-order valence-electron chi connectivity index (χ3n) is 2.59. The summed E-state index contributed by atoms with van der Waals surface area (Å²) in [4.78, 5) is 17.1. The molecule has 1 N–H and O–H groups in total. The van der Waals surface area contributed by atoms with Crippen molar-refractivity contribution in [2.75, 3.05) is 0 Å². The van der Waals surface area contributed by atoms with E-state index >= 15 is 0 Å². The molecule has 2 aromatic rings. The topological polar surface area (TPSA) is 42.0 Å². The third-order valence-corrected chi connectivity index (χ3v) is 3.78. The van der Waals surface area contributed by atoms with Gasteiger partial charge < -0.3 is 5.32 Å². The molecule has 0 aliphatic carbocycles. The van der Waals surface area contributed by atoms with E-state index in [1.165, 1.54) is 0 Å². The van der Waals surface area contributed by atoms with Gasteiger partial charge in [0.2, 0.25) is 0 Å². The summed E-state index contributed by atoms with van der Waals surface area (Å²) in [6.07, 6.45) is 2.58. The molecule has 1 amide bonds. The Morgan fingerprint density at radius 2 is 2.17 bits per heavy atom. The molecule has 94 valence electrons. The molecule has 3 nitrogen and oxygen atoms in total. The predicted octanol–water partition coefficient (Wildman–Crippen LogP) is 3.31. The Labute approximate surface area is 116 Å². The number of nitrogens with zero attached hydrogens (tertiary/aromatic N) is 1. The molecule has 2 rings (SSSR count). The highest BCUT2D eigenvalue weighted by molar-refractivity contribution is 7.80. The first-order valence-electron chi connectivity index (χ1n) is 5.70. The van der Waals surface area contributed by atoms with Crippen molar-refractivity contribution < 1.29 is 4.79 Å². The molecule has 0 radical (unpaired) electrons. The van der Waals surface area contributed by atoms with Crippen LogP contribution in [-0.4, -0.2) is 10.9 Å². The second-order valence-electron chi connectivity index (χ2n) is 3.85. The number of carbonyl (C=O) groups is 1. The second kappa shape index (κ2) is 6.02. The van der Waals surface area contributed by atoms with Gasteiger partial charge in [0.1, 0.15) is 5.01 Å². The second-order valence-corrected chi connectivity index (χ2v) is 5.29. The fraction of sp³-hybridized carbons (Fsp3) is 0.231. The zero-order chi connectivity index (χ0) is 13.0. The van der Waals surface area contributed by atoms with Gasteiger partial charge in [-0.3, -0.25) is 4.79 Å². The first-order chi connectivity index (χ1) is 8.70. The first-order valence-corrected chi connectivity index (χ1v) is 7.02. The Bertz CT molecular complexity index is 508. The summed E-state index contributed by atoms with van der Waals surface area (Å²) in [6, 6.07) is 7.14. The van der Waals surface area contributed by atoms with Crippen molar-refractivity contribution in [1.82, 2.24) is 10.3 Å². The summed E-state index contributed by atoms with van der Waals surface area (Å²) < 4.78 is 0. The zero-order valence-corrected chi connectivity index (χ0v) is 11.7. The van der Waals surface area contributed by atoms with Crippen molar-refractivity contribution in [3.8, 4) is 0 Å². The lowest BCUT2D eigenvalue weighted by Gasteiger charge is -2.14. The van der Waals surface area contributed by atoms with Crippen molar-refractivity contribution in [2.45, 2.75) is 24.3 Å². The lowest BCUT2D eigenvalue weighted by molar-refractivity contribution is 0.0935. The molecule has 0 fully saturated rings. The lowest BCUT2D eigenvalue weighted by Crippen LogP contribution is -2.28. The van der Waals surface area contributed by atoms with E-state index in [9.17, 15) is 4.79 Å². The van der Waals surface area contributed by atoms with Gasteiger partial charge in [0.15, 0.2) is 0 Å². The molecule has 0 saturated heterocycles. The Morgan fingerprint density at radius 1 is 1.44 bits per heavy atom. The zero-order valence-electron chi connectivity index (χ0n) is 9.96. The summed E-state index contributed by atoms with van der Waals surface area (Å²) in [5.41, 5.74) is 0.641. The van der Waals surface area contributed by atoms with Crippen LogP contribution in [0.15, 0.2) is 40.7 Å². The molecule has 1 aromatic heterocycles. The standard InChI is InChI=1S/C13H14N2OS2/c1-2-11(13-14-7-8-18-13)15-12(16)9-3-5-10(17)6-4-9/h3-8,11,17H,2H2,1H3,(H,15,16). The van der Waals surface area contributed by atoms with Crippen LogP contribution in [0.3, 0.4) is 0 Å². The number of thiol groups is 1. The van der Waals surface area contributed by atoms with Gasteiger partial charge in [-0.2, -0.15) is 0 Å². The monoisotopic (exact) mass is 278 g/mol. The van der Waals surface area contributed by atoms with Crippen molar-refractivity contribution in [3.05, 3.63) is 46.4 Å². The molecule has 1 atom stereocenters. The molecule has 1 aromatic carbocycles. The SMILES string of the molecule is CCC(NC(=O)c1ccc(S)cc1)c1nccs1. The quantitative estimate of drug-likeness (QED) is 0.843. The average molecular weight is 278 g/mol. The van der Waals surface area contributed by atoms with Crippen LogP contribution in [0.1, 0.15) is 34.8 Å². The van der Waals surface area contributed by atoms with Crippen LogP contribution < -0.4 is 5.32 Å². The summed E-state index contributed by atoms with van der Waals surface area (Å²) in [7, 11) is 0. The largest absolute Gasteiger partial charge is 0.343 e. The molecule has 1 heterocycles. The maximum Gasteiger partial charge on any atom is 0.251 e. The van der Waals surface area contributed by atoms with Crippen LogP contribution in [0.5, 0.6) is 0 Å². The minimum atomic E-state index is -0.0783. The van der Waals surface area contributed by atoms with Gasteiger partial charge >= 0.3 is 0 Å². The molecule has 0 aliphatic heterocycles. The Hall–Kier alpha value is -1.33. The van der Waals surface area contributed by atoms with Crippen molar-refractivity contribution in [3.63, 3.8) is 0 Å². The molecule has 0 spiro atoms. The number of amides is 1. The number of benzene rings is 1. The van der Waals surface area contributed by atoms with E-state index < -0.39 is 0 Å². The van der Waals surface area contributed by atoms with Crippen molar-refractivity contribution in [1.29, 1.82) is 0 Å². The molecule has 5 heteroatoms. The van der Waals surface area contributed by atoms with E-state index in [2.05, 4.69) is 22.9 Å².